The Morgan fingerprint density at radius 1 is 1.46 bits per heavy atom. The van der Waals surface area contributed by atoms with Crippen LogP contribution in [-0.2, 0) is 12.8 Å². The summed E-state index contributed by atoms with van der Waals surface area (Å²) in [5, 5.41) is 13.4. The van der Waals surface area contributed by atoms with Crippen LogP contribution in [-0.4, -0.2) is 27.1 Å². The summed E-state index contributed by atoms with van der Waals surface area (Å²) in [6, 6.07) is 6.70. The molecule has 2 N–H and O–H groups in total. The molecule has 3 heterocycles. The molecule has 0 fully saturated rings. The molecule has 1 unspecified atom stereocenters. The minimum Gasteiger partial charge on any atom is -0.467 e. The second kappa shape index (κ2) is 7.41. The molecule has 0 saturated heterocycles. The molecule has 1 amide bonds. The number of carbonyl (C=O) groups excluding carboxylic acids is 1. The van der Waals surface area contributed by atoms with Crippen LogP contribution < -0.4 is 5.32 Å². The first-order valence-electron chi connectivity index (χ1n) is 7.32. The molecule has 0 aliphatic carbocycles. The van der Waals surface area contributed by atoms with E-state index < -0.39 is 6.10 Å². The molecule has 0 aromatic carbocycles. The van der Waals surface area contributed by atoms with Crippen molar-refractivity contribution < 1.29 is 18.7 Å². The van der Waals surface area contributed by atoms with E-state index in [0.29, 0.717) is 17.3 Å². The van der Waals surface area contributed by atoms with Crippen LogP contribution in [0.4, 0.5) is 0 Å². The van der Waals surface area contributed by atoms with Gasteiger partial charge in [0.1, 0.15) is 17.6 Å². The van der Waals surface area contributed by atoms with Gasteiger partial charge in [0.05, 0.1) is 18.6 Å². The smallest absolute Gasteiger partial charge is 0.287 e. The predicted molar refractivity (Wildman–Crippen MR) is 87.5 cm³/mol. The van der Waals surface area contributed by atoms with Crippen molar-refractivity contribution in [3.05, 3.63) is 60.2 Å². The van der Waals surface area contributed by atoms with Crippen LogP contribution >= 0.6 is 11.8 Å². The van der Waals surface area contributed by atoms with E-state index in [4.69, 9.17) is 8.83 Å². The summed E-state index contributed by atoms with van der Waals surface area (Å²) in [5.41, 5.74) is 0. The maximum Gasteiger partial charge on any atom is 0.287 e. The van der Waals surface area contributed by atoms with Crippen molar-refractivity contribution in [2.75, 3.05) is 6.54 Å². The lowest BCUT2D eigenvalue weighted by atomic mass is 10.2. The molecule has 7 nitrogen and oxygen atoms in total. The minimum atomic E-state index is -0.891. The summed E-state index contributed by atoms with van der Waals surface area (Å²) in [6.07, 6.45) is 4.18. The van der Waals surface area contributed by atoms with Gasteiger partial charge in [-0.25, -0.2) is 4.98 Å². The maximum atomic E-state index is 12.0. The molecule has 3 aromatic rings. The van der Waals surface area contributed by atoms with Crippen molar-refractivity contribution in [2.45, 2.75) is 17.0 Å². The van der Waals surface area contributed by atoms with Gasteiger partial charge in [-0.2, -0.15) is 0 Å². The van der Waals surface area contributed by atoms with Gasteiger partial charge in [-0.1, -0.05) is 11.8 Å². The lowest BCUT2D eigenvalue weighted by molar-refractivity contribution is 0.0873. The van der Waals surface area contributed by atoms with Gasteiger partial charge in [-0.15, -0.1) is 0 Å². The lowest BCUT2D eigenvalue weighted by Gasteiger charge is -2.08. The average molecular weight is 347 g/mol. The monoisotopic (exact) mass is 347 g/mol. The first kappa shape index (κ1) is 16.4. The lowest BCUT2D eigenvalue weighted by Crippen LogP contribution is -2.27. The highest BCUT2D eigenvalue weighted by Crippen LogP contribution is 2.22. The molecule has 24 heavy (non-hydrogen) atoms. The molecule has 0 saturated carbocycles. The van der Waals surface area contributed by atoms with Gasteiger partial charge in [-0.3, -0.25) is 4.79 Å². The molecule has 0 aliphatic rings. The number of aliphatic hydroxyl groups excluding tert-OH is 1. The number of rotatable bonds is 7. The first-order valence-corrected chi connectivity index (χ1v) is 8.30. The maximum absolute atomic E-state index is 12.0. The molecular weight excluding hydrogens is 330 g/mol. The van der Waals surface area contributed by atoms with Crippen LogP contribution in [0.5, 0.6) is 0 Å². The molecule has 0 spiro atoms. The van der Waals surface area contributed by atoms with Crippen molar-refractivity contribution in [1.82, 2.24) is 14.9 Å². The van der Waals surface area contributed by atoms with Gasteiger partial charge in [0.2, 0.25) is 0 Å². The number of furan rings is 2. The highest BCUT2D eigenvalue weighted by atomic mass is 32.2. The number of nitrogens with one attached hydrogen (secondary N) is 1. The fourth-order valence-electron chi connectivity index (χ4n) is 2.06. The molecule has 0 radical (unpaired) electrons. The summed E-state index contributed by atoms with van der Waals surface area (Å²) in [7, 11) is 1.92. The second-order valence-corrected chi connectivity index (χ2v) is 6.06. The number of amides is 1. The first-order chi connectivity index (χ1) is 11.6. The number of hydrogen-bond acceptors (Lipinski definition) is 6. The quantitative estimate of drug-likeness (QED) is 0.637. The highest BCUT2D eigenvalue weighted by Gasteiger charge is 2.15. The van der Waals surface area contributed by atoms with Gasteiger partial charge in [0.25, 0.3) is 5.91 Å². The molecule has 0 bridgehead atoms. The summed E-state index contributed by atoms with van der Waals surface area (Å²) in [5.74, 6) is 1.49. The zero-order chi connectivity index (χ0) is 16.9. The summed E-state index contributed by atoms with van der Waals surface area (Å²) < 4.78 is 12.5. The Morgan fingerprint density at radius 2 is 2.33 bits per heavy atom. The third kappa shape index (κ3) is 3.90. The van der Waals surface area contributed by atoms with E-state index in [0.717, 1.165) is 5.16 Å². The normalized spacial score (nSPS) is 12.2. The molecule has 1 atom stereocenters. The predicted octanol–water partition coefficient (Wildman–Crippen LogP) is 2.36. The van der Waals surface area contributed by atoms with E-state index in [1.165, 1.54) is 18.0 Å². The Balaban J connectivity index is 1.51. The molecule has 126 valence electrons. The zero-order valence-electron chi connectivity index (χ0n) is 13.0. The molecular formula is C16H17N3O4S. The van der Waals surface area contributed by atoms with Crippen molar-refractivity contribution in [1.29, 1.82) is 0 Å². The number of carbonyl (C=O) groups is 1. The van der Waals surface area contributed by atoms with Gasteiger partial charge in [0, 0.05) is 19.4 Å². The van der Waals surface area contributed by atoms with Crippen molar-refractivity contribution in [3.63, 3.8) is 0 Å². The number of aromatic nitrogens is 2. The molecule has 8 heteroatoms. The molecule has 3 aromatic heterocycles. The molecule has 0 aliphatic heterocycles. The van der Waals surface area contributed by atoms with Gasteiger partial charge in [0.15, 0.2) is 10.9 Å². The van der Waals surface area contributed by atoms with E-state index in [1.54, 1.807) is 30.5 Å². The van der Waals surface area contributed by atoms with Crippen LogP contribution in [0.25, 0.3) is 0 Å². The van der Waals surface area contributed by atoms with Crippen LogP contribution in [0.3, 0.4) is 0 Å². The zero-order valence-corrected chi connectivity index (χ0v) is 13.8. The summed E-state index contributed by atoms with van der Waals surface area (Å²) in [6.45, 7) is 0.0460. The Labute approximate surface area is 142 Å². The van der Waals surface area contributed by atoms with Crippen LogP contribution in [0.15, 0.2) is 56.9 Å². The van der Waals surface area contributed by atoms with Crippen LogP contribution in [0.1, 0.15) is 28.2 Å². The van der Waals surface area contributed by atoms with E-state index in [-0.39, 0.29) is 18.2 Å². The Kier molecular flexibility index (Phi) is 5.07. The van der Waals surface area contributed by atoms with Crippen LogP contribution in [0.2, 0.25) is 0 Å². The van der Waals surface area contributed by atoms with E-state index >= 15 is 0 Å². The minimum absolute atomic E-state index is 0.0460. The van der Waals surface area contributed by atoms with Gasteiger partial charge >= 0.3 is 0 Å². The number of aliphatic hydroxyl groups is 1. The topological polar surface area (TPSA) is 93.4 Å². The third-order valence-electron chi connectivity index (χ3n) is 3.33. The van der Waals surface area contributed by atoms with Crippen molar-refractivity contribution in [3.8, 4) is 0 Å². The Hall–Kier alpha value is -2.45. The van der Waals surface area contributed by atoms with E-state index in [9.17, 15) is 9.90 Å². The largest absolute Gasteiger partial charge is 0.467 e. The molecule has 3 rings (SSSR count). The van der Waals surface area contributed by atoms with Crippen molar-refractivity contribution >= 4 is 17.7 Å². The number of aryl methyl sites for hydroxylation is 1. The van der Waals surface area contributed by atoms with Crippen LogP contribution in [0, 0.1) is 0 Å². The van der Waals surface area contributed by atoms with E-state index in [2.05, 4.69) is 10.3 Å². The van der Waals surface area contributed by atoms with E-state index in [1.807, 2.05) is 17.8 Å². The van der Waals surface area contributed by atoms with Gasteiger partial charge in [-0.05, 0) is 24.3 Å². The Bertz CT molecular complexity index is 794. The number of hydrogen-bond donors (Lipinski definition) is 2. The summed E-state index contributed by atoms with van der Waals surface area (Å²) in [4.78, 5) is 16.3. The number of thioether (sulfide) groups is 1. The second-order valence-electron chi connectivity index (χ2n) is 5.12. The Morgan fingerprint density at radius 3 is 3.04 bits per heavy atom. The third-order valence-corrected chi connectivity index (χ3v) is 4.41. The standard InChI is InChI=1S/C16H17N3O4S/c1-19-7-6-17-16(19)24-10-11-4-5-14(23-11)15(21)18-9-12(20)13-3-2-8-22-13/h2-8,12,20H,9-10H2,1H3,(H,18,21). The van der Waals surface area contributed by atoms with Gasteiger partial charge < -0.3 is 23.8 Å². The fraction of sp³-hybridized carbons (Fsp3) is 0.250. The number of imidazole rings is 1. The number of nitrogens with zero attached hydrogens (tertiary/aromatic N) is 2. The van der Waals surface area contributed by atoms with Crippen molar-refractivity contribution in [2.24, 2.45) is 7.05 Å². The SMILES string of the molecule is Cn1ccnc1SCc1ccc(C(=O)NCC(O)c2ccco2)o1. The summed E-state index contributed by atoms with van der Waals surface area (Å²) >= 11 is 1.52. The highest BCUT2D eigenvalue weighted by molar-refractivity contribution is 7.98. The average Bonchev–Trinajstić information content (AvgIpc) is 3.31. The fourth-order valence-corrected chi connectivity index (χ4v) is 2.89.